The number of nitrogens with zero attached hydrogens (tertiary/aromatic N) is 1. The fourth-order valence-corrected chi connectivity index (χ4v) is 5.28. The maximum absolute atomic E-state index is 12.7. The number of halogens is 3. The maximum Gasteiger partial charge on any atom is 0.244 e. The van der Waals surface area contributed by atoms with Gasteiger partial charge in [-0.2, -0.15) is 4.31 Å². The third-order valence-electron chi connectivity index (χ3n) is 3.45. The summed E-state index contributed by atoms with van der Waals surface area (Å²) in [5, 5.41) is 0.313. The van der Waals surface area contributed by atoms with Crippen LogP contribution < -0.4 is 0 Å². The highest BCUT2D eigenvalue weighted by atomic mass is 35.5. The van der Waals surface area contributed by atoms with Gasteiger partial charge in [0.2, 0.25) is 10.0 Å². The van der Waals surface area contributed by atoms with Crippen molar-refractivity contribution in [3.63, 3.8) is 0 Å². The molecule has 1 aromatic carbocycles. The SMILES string of the molecule is C[C@@H]1C[C@@H](C)CN(S(=O)(=O)c2ccc(Cl)c(Cl)c2Cl)C1. The second kappa shape index (κ2) is 6.01. The average molecular weight is 357 g/mol. The second-order valence-electron chi connectivity index (χ2n) is 5.44. The van der Waals surface area contributed by atoms with Crippen LogP contribution in [-0.4, -0.2) is 25.8 Å². The first-order valence-electron chi connectivity index (χ1n) is 6.37. The molecule has 0 N–H and O–H groups in total. The molecule has 0 saturated carbocycles. The van der Waals surface area contributed by atoms with Gasteiger partial charge in [0, 0.05) is 13.1 Å². The lowest BCUT2D eigenvalue weighted by molar-refractivity contribution is 0.222. The first-order chi connectivity index (χ1) is 9.23. The number of hydrogen-bond acceptors (Lipinski definition) is 2. The van der Waals surface area contributed by atoms with E-state index in [0.29, 0.717) is 24.9 Å². The van der Waals surface area contributed by atoms with Crippen LogP contribution in [0.3, 0.4) is 0 Å². The molecule has 1 aliphatic rings. The Morgan fingerprint density at radius 3 is 2.15 bits per heavy atom. The molecule has 2 atom stereocenters. The fraction of sp³-hybridized carbons (Fsp3) is 0.538. The first-order valence-corrected chi connectivity index (χ1v) is 8.94. The molecule has 0 spiro atoms. The monoisotopic (exact) mass is 355 g/mol. The van der Waals surface area contributed by atoms with Gasteiger partial charge in [-0.3, -0.25) is 0 Å². The zero-order valence-electron chi connectivity index (χ0n) is 11.2. The Hall–Kier alpha value is -0.000000000000000167. The van der Waals surface area contributed by atoms with Crippen LogP contribution in [0.2, 0.25) is 15.1 Å². The van der Waals surface area contributed by atoms with Crippen LogP contribution in [0.15, 0.2) is 17.0 Å². The van der Waals surface area contributed by atoms with E-state index in [-0.39, 0.29) is 20.0 Å². The summed E-state index contributed by atoms with van der Waals surface area (Å²) in [6.45, 7) is 5.11. The Bertz CT molecular complexity index is 608. The van der Waals surface area contributed by atoms with Crippen molar-refractivity contribution in [3.05, 3.63) is 27.2 Å². The quantitative estimate of drug-likeness (QED) is 0.740. The summed E-state index contributed by atoms with van der Waals surface area (Å²) in [7, 11) is -3.64. The van der Waals surface area contributed by atoms with Gasteiger partial charge < -0.3 is 0 Å². The summed E-state index contributed by atoms with van der Waals surface area (Å²) < 4.78 is 26.9. The molecule has 1 aliphatic heterocycles. The Morgan fingerprint density at radius 1 is 1.05 bits per heavy atom. The van der Waals surface area contributed by atoms with Crippen LogP contribution in [0, 0.1) is 11.8 Å². The van der Waals surface area contributed by atoms with Crippen molar-refractivity contribution in [3.8, 4) is 0 Å². The number of benzene rings is 1. The second-order valence-corrected chi connectivity index (χ2v) is 8.51. The number of rotatable bonds is 2. The van der Waals surface area contributed by atoms with Gasteiger partial charge in [-0.05, 0) is 30.4 Å². The van der Waals surface area contributed by atoms with E-state index in [4.69, 9.17) is 34.8 Å². The van der Waals surface area contributed by atoms with Crippen LogP contribution in [-0.2, 0) is 10.0 Å². The minimum absolute atomic E-state index is 0.00922. The highest BCUT2D eigenvalue weighted by Gasteiger charge is 2.33. The summed E-state index contributed by atoms with van der Waals surface area (Å²) in [6.07, 6.45) is 1.03. The minimum Gasteiger partial charge on any atom is -0.207 e. The predicted molar refractivity (Wildman–Crippen MR) is 83.2 cm³/mol. The highest BCUT2D eigenvalue weighted by Crippen LogP contribution is 2.37. The van der Waals surface area contributed by atoms with E-state index in [1.807, 2.05) is 0 Å². The molecule has 3 nitrogen and oxygen atoms in total. The Labute approximate surface area is 134 Å². The largest absolute Gasteiger partial charge is 0.244 e. The molecule has 0 aromatic heterocycles. The zero-order chi connectivity index (χ0) is 15.1. The maximum atomic E-state index is 12.7. The molecule has 0 bridgehead atoms. The standard InChI is InChI=1S/C13H16Cl3NO2S/c1-8-5-9(2)7-17(6-8)20(18,19)11-4-3-10(14)12(15)13(11)16/h3-4,8-9H,5-7H2,1-2H3/t8-,9-/m1/s1. The molecule has 1 heterocycles. The molecule has 0 unspecified atom stereocenters. The molecule has 2 rings (SSSR count). The van der Waals surface area contributed by atoms with Crippen LogP contribution in [0.1, 0.15) is 20.3 Å². The summed E-state index contributed by atoms with van der Waals surface area (Å²) in [5.74, 6) is 0.658. The Morgan fingerprint density at radius 2 is 1.60 bits per heavy atom. The third kappa shape index (κ3) is 3.09. The highest BCUT2D eigenvalue weighted by molar-refractivity contribution is 7.89. The van der Waals surface area contributed by atoms with Gasteiger partial charge in [0.1, 0.15) is 4.90 Å². The molecule has 1 saturated heterocycles. The van der Waals surface area contributed by atoms with E-state index in [9.17, 15) is 8.42 Å². The Balaban J connectivity index is 2.43. The van der Waals surface area contributed by atoms with E-state index < -0.39 is 10.0 Å². The van der Waals surface area contributed by atoms with Gasteiger partial charge in [0.05, 0.1) is 15.1 Å². The average Bonchev–Trinajstić information content (AvgIpc) is 2.34. The lowest BCUT2D eigenvalue weighted by Crippen LogP contribution is -2.42. The van der Waals surface area contributed by atoms with Gasteiger partial charge >= 0.3 is 0 Å². The summed E-state index contributed by atoms with van der Waals surface area (Å²) in [6, 6.07) is 2.87. The molecule has 7 heteroatoms. The van der Waals surface area contributed by atoms with Crippen molar-refractivity contribution >= 4 is 44.8 Å². The van der Waals surface area contributed by atoms with Gasteiger partial charge in [-0.25, -0.2) is 8.42 Å². The zero-order valence-corrected chi connectivity index (χ0v) is 14.3. The van der Waals surface area contributed by atoms with Crippen molar-refractivity contribution in [2.24, 2.45) is 11.8 Å². The predicted octanol–water partition coefficient (Wildman–Crippen LogP) is 4.31. The molecular weight excluding hydrogens is 341 g/mol. The summed E-state index contributed by atoms with van der Waals surface area (Å²) >= 11 is 17.8. The van der Waals surface area contributed by atoms with E-state index in [0.717, 1.165) is 6.42 Å². The van der Waals surface area contributed by atoms with Crippen molar-refractivity contribution in [1.82, 2.24) is 4.31 Å². The van der Waals surface area contributed by atoms with Gasteiger partial charge in [0.25, 0.3) is 0 Å². The van der Waals surface area contributed by atoms with Crippen LogP contribution in [0.25, 0.3) is 0 Å². The van der Waals surface area contributed by atoms with E-state index in [1.165, 1.54) is 16.4 Å². The topological polar surface area (TPSA) is 37.4 Å². The fourth-order valence-electron chi connectivity index (χ4n) is 2.65. The van der Waals surface area contributed by atoms with E-state index in [1.54, 1.807) is 0 Å². The minimum atomic E-state index is -3.64. The van der Waals surface area contributed by atoms with Crippen molar-refractivity contribution < 1.29 is 8.42 Å². The molecule has 112 valence electrons. The smallest absolute Gasteiger partial charge is 0.207 e. The van der Waals surface area contributed by atoms with E-state index in [2.05, 4.69) is 13.8 Å². The normalized spacial score (nSPS) is 24.9. The lowest BCUT2D eigenvalue weighted by Gasteiger charge is -2.34. The first kappa shape index (κ1) is 16.4. The van der Waals surface area contributed by atoms with E-state index >= 15 is 0 Å². The van der Waals surface area contributed by atoms with Gasteiger partial charge in [-0.1, -0.05) is 48.7 Å². The Kier molecular flexibility index (Phi) is 4.92. The van der Waals surface area contributed by atoms with Crippen LogP contribution in [0.4, 0.5) is 0 Å². The molecule has 20 heavy (non-hydrogen) atoms. The third-order valence-corrected chi connectivity index (χ3v) is 6.73. The number of piperidine rings is 1. The van der Waals surface area contributed by atoms with Crippen molar-refractivity contribution in [2.75, 3.05) is 13.1 Å². The lowest BCUT2D eigenvalue weighted by atomic mass is 9.94. The van der Waals surface area contributed by atoms with Crippen molar-refractivity contribution in [2.45, 2.75) is 25.2 Å². The van der Waals surface area contributed by atoms with Crippen LogP contribution >= 0.6 is 34.8 Å². The molecular formula is C13H16Cl3NO2S. The summed E-state index contributed by atoms with van der Waals surface area (Å²) in [5.41, 5.74) is 0. The molecule has 1 fully saturated rings. The molecule has 0 radical (unpaired) electrons. The van der Waals surface area contributed by atoms with Gasteiger partial charge in [-0.15, -0.1) is 0 Å². The van der Waals surface area contributed by atoms with Crippen LogP contribution in [0.5, 0.6) is 0 Å². The summed E-state index contributed by atoms with van der Waals surface area (Å²) in [4.78, 5) is 0.0230. The molecule has 1 aromatic rings. The number of hydrogen-bond donors (Lipinski definition) is 0. The van der Waals surface area contributed by atoms with Gasteiger partial charge in [0.15, 0.2) is 0 Å². The number of sulfonamides is 1. The molecule has 0 aliphatic carbocycles. The van der Waals surface area contributed by atoms with Crippen molar-refractivity contribution in [1.29, 1.82) is 0 Å². The molecule has 0 amide bonds.